The highest BCUT2D eigenvalue weighted by Crippen LogP contribution is 2.42. The van der Waals surface area contributed by atoms with Crippen LogP contribution in [0.25, 0.3) is 10.8 Å². The van der Waals surface area contributed by atoms with Crippen LogP contribution in [-0.4, -0.2) is 47.9 Å². The fourth-order valence-corrected chi connectivity index (χ4v) is 3.68. The van der Waals surface area contributed by atoms with Crippen molar-refractivity contribution in [2.45, 2.75) is 19.9 Å². The van der Waals surface area contributed by atoms with E-state index in [2.05, 4.69) is 30.1 Å². The highest BCUT2D eigenvalue weighted by molar-refractivity contribution is 5.91. The molecule has 1 saturated heterocycles. The Hall–Kier alpha value is -1.62. The van der Waals surface area contributed by atoms with Gasteiger partial charge >= 0.3 is 0 Å². The van der Waals surface area contributed by atoms with Crippen LogP contribution in [-0.2, 0) is 0 Å². The Labute approximate surface area is 137 Å². The molecule has 0 spiro atoms. The van der Waals surface area contributed by atoms with Crippen LogP contribution in [0.5, 0.6) is 5.75 Å². The number of hydrogen-bond acceptors (Lipinski definition) is 4. The van der Waals surface area contributed by atoms with E-state index in [0.29, 0.717) is 5.75 Å². The van der Waals surface area contributed by atoms with Gasteiger partial charge in [-0.3, -0.25) is 4.90 Å². The number of aromatic hydroxyl groups is 1. The van der Waals surface area contributed by atoms with Gasteiger partial charge in [0.15, 0.2) is 0 Å². The molecule has 0 amide bonds. The monoisotopic (exact) mass is 314 g/mol. The lowest BCUT2D eigenvalue weighted by Gasteiger charge is -2.44. The lowest BCUT2D eigenvalue weighted by molar-refractivity contribution is 0.0313. The first-order valence-corrected chi connectivity index (χ1v) is 8.31. The smallest absolute Gasteiger partial charge is 0.123 e. The van der Waals surface area contributed by atoms with Crippen molar-refractivity contribution < 1.29 is 10.2 Å². The number of nitrogens with one attached hydrogen (secondary N) is 1. The number of aliphatic hydroxyl groups excluding tert-OH is 1. The van der Waals surface area contributed by atoms with Gasteiger partial charge in [0.1, 0.15) is 5.75 Å². The summed E-state index contributed by atoms with van der Waals surface area (Å²) in [5.41, 5.74) is 0.913. The van der Waals surface area contributed by atoms with Gasteiger partial charge in [-0.25, -0.2) is 0 Å². The molecule has 0 aliphatic carbocycles. The molecule has 2 aromatic carbocycles. The molecule has 0 unspecified atom stereocenters. The molecule has 0 radical (unpaired) electrons. The van der Waals surface area contributed by atoms with Gasteiger partial charge in [-0.15, -0.1) is 0 Å². The molecule has 1 aliphatic rings. The first kappa shape index (κ1) is 16.2. The van der Waals surface area contributed by atoms with Gasteiger partial charge in [0.25, 0.3) is 0 Å². The largest absolute Gasteiger partial charge is 0.507 e. The summed E-state index contributed by atoms with van der Waals surface area (Å²) in [7, 11) is 0. The van der Waals surface area contributed by atoms with Crippen molar-refractivity contribution in [2.24, 2.45) is 5.41 Å². The summed E-state index contributed by atoms with van der Waals surface area (Å²) < 4.78 is 0. The molecule has 0 saturated carbocycles. The Kier molecular flexibility index (Phi) is 4.57. The topological polar surface area (TPSA) is 55.7 Å². The maximum absolute atomic E-state index is 10.2. The summed E-state index contributed by atoms with van der Waals surface area (Å²) in [5.74, 6) is 0.310. The minimum Gasteiger partial charge on any atom is -0.507 e. The third-order valence-corrected chi connectivity index (χ3v) is 4.89. The Bertz CT molecular complexity index is 678. The molecular weight excluding hydrogens is 288 g/mol. The number of benzene rings is 2. The van der Waals surface area contributed by atoms with Crippen LogP contribution >= 0.6 is 0 Å². The predicted molar refractivity (Wildman–Crippen MR) is 93.7 cm³/mol. The molecule has 1 heterocycles. The zero-order chi connectivity index (χ0) is 16.4. The van der Waals surface area contributed by atoms with Crippen molar-refractivity contribution in [2.75, 3.05) is 32.8 Å². The van der Waals surface area contributed by atoms with Crippen LogP contribution in [0.2, 0.25) is 0 Å². The minimum atomic E-state index is -0.267. The third-order valence-electron chi connectivity index (χ3n) is 4.89. The zero-order valence-electron chi connectivity index (χ0n) is 13.9. The van der Waals surface area contributed by atoms with Crippen molar-refractivity contribution in [3.05, 3.63) is 42.0 Å². The van der Waals surface area contributed by atoms with E-state index in [0.717, 1.165) is 37.0 Å². The second-order valence-electron chi connectivity index (χ2n) is 7.05. The van der Waals surface area contributed by atoms with E-state index in [9.17, 15) is 10.2 Å². The van der Waals surface area contributed by atoms with Crippen LogP contribution in [0.15, 0.2) is 36.4 Å². The fraction of sp³-hybridized carbons (Fsp3) is 0.474. The van der Waals surface area contributed by atoms with Crippen molar-refractivity contribution in [1.82, 2.24) is 10.2 Å². The van der Waals surface area contributed by atoms with E-state index in [-0.39, 0.29) is 18.1 Å². The molecule has 3 rings (SSSR count). The molecule has 1 fully saturated rings. The van der Waals surface area contributed by atoms with Crippen molar-refractivity contribution >= 4 is 10.8 Å². The summed E-state index contributed by atoms with van der Waals surface area (Å²) in [6, 6.07) is 11.9. The lowest BCUT2D eigenvalue weighted by atomic mass is 9.78. The van der Waals surface area contributed by atoms with E-state index < -0.39 is 0 Å². The first-order chi connectivity index (χ1) is 11.0. The zero-order valence-corrected chi connectivity index (χ0v) is 13.9. The standard InChI is InChI=1S/C19H26N2O2/c1-19(2,13-22)18(21-11-9-20-10-12-21)16-7-8-17(23)15-6-4-3-5-14(15)16/h3-8,18,20,22-23H,9-13H2,1-2H3/t18-/m0/s1. The Morgan fingerprint density at radius 1 is 1.09 bits per heavy atom. The van der Waals surface area contributed by atoms with Gasteiger partial charge in [0, 0.05) is 49.6 Å². The van der Waals surface area contributed by atoms with Gasteiger partial charge in [0.2, 0.25) is 0 Å². The molecule has 23 heavy (non-hydrogen) atoms. The third kappa shape index (κ3) is 3.07. The van der Waals surface area contributed by atoms with Crippen molar-refractivity contribution in [3.63, 3.8) is 0 Å². The average molecular weight is 314 g/mol. The second-order valence-corrected chi connectivity index (χ2v) is 7.05. The average Bonchev–Trinajstić information content (AvgIpc) is 2.58. The fourth-order valence-electron chi connectivity index (χ4n) is 3.68. The number of phenols is 1. The normalized spacial score (nSPS) is 18.2. The van der Waals surface area contributed by atoms with Gasteiger partial charge in [0.05, 0.1) is 0 Å². The molecule has 124 valence electrons. The van der Waals surface area contributed by atoms with Crippen LogP contribution in [0.4, 0.5) is 0 Å². The number of rotatable bonds is 4. The molecule has 3 N–H and O–H groups in total. The number of piperazine rings is 1. The summed E-state index contributed by atoms with van der Waals surface area (Å²) in [6.45, 7) is 8.20. The molecule has 1 aliphatic heterocycles. The van der Waals surface area contributed by atoms with E-state index in [1.807, 2.05) is 24.3 Å². The maximum atomic E-state index is 10.2. The minimum absolute atomic E-state index is 0.111. The number of hydrogen-bond donors (Lipinski definition) is 3. The molecule has 2 aromatic rings. The quantitative estimate of drug-likeness (QED) is 0.812. The molecule has 1 atom stereocenters. The van der Waals surface area contributed by atoms with E-state index in [1.54, 1.807) is 6.07 Å². The van der Waals surface area contributed by atoms with Crippen LogP contribution < -0.4 is 5.32 Å². The predicted octanol–water partition coefficient (Wildman–Crippen LogP) is 2.51. The first-order valence-electron chi connectivity index (χ1n) is 8.31. The molecule has 0 aromatic heterocycles. The van der Waals surface area contributed by atoms with E-state index in [4.69, 9.17) is 0 Å². The molecular formula is C19H26N2O2. The van der Waals surface area contributed by atoms with Crippen LogP contribution in [0.3, 0.4) is 0 Å². The highest BCUT2D eigenvalue weighted by Gasteiger charge is 2.36. The van der Waals surface area contributed by atoms with Crippen LogP contribution in [0, 0.1) is 5.41 Å². The van der Waals surface area contributed by atoms with Crippen molar-refractivity contribution in [1.29, 1.82) is 0 Å². The van der Waals surface area contributed by atoms with Crippen LogP contribution in [0.1, 0.15) is 25.5 Å². The maximum Gasteiger partial charge on any atom is 0.123 e. The van der Waals surface area contributed by atoms with Gasteiger partial charge in [-0.1, -0.05) is 44.2 Å². The van der Waals surface area contributed by atoms with Gasteiger partial charge in [-0.05, 0) is 17.0 Å². The molecule has 4 nitrogen and oxygen atoms in total. The Morgan fingerprint density at radius 2 is 1.74 bits per heavy atom. The summed E-state index contributed by atoms with van der Waals surface area (Å²) >= 11 is 0. The lowest BCUT2D eigenvalue weighted by Crippen LogP contribution is -2.49. The summed E-state index contributed by atoms with van der Waals surface area (Å²) in [6.07, 6.45) is 0. The Balaban J connectivity index is 2.15. The van der Waals surface area contributed by atoms with E-state index in [1.165, 1.54) is 5.56 Å². The van der Waals surface area contributed by atoms with E-state index >= 15 is 0 Å². The number of aliphatic hydroxyl groups is 1. The summed E-state index contributed by atoms with van der Waals surface area (Å²) in [5, 5.41) is 25.5. The molecule has 4 heteroatoms. The van der Waals surface area contributed by atoms with Gasteiger partial charge < -0.3 is 15.5 Å². The summed E-state index contributed by atoms with van der Waals surface area (Å²) in [4.78, 5) is 2.45. The van der Waals surface area contributed by atoms with Gasteiger partial charge in [-0.2, -0.15) is 0 Å². The number of nitrogens with zero attached hydrogens (tertiary/aromatic N) is 1. The molecule has 0 bridgehead atoms. The van der Waals surface area contributed by atoms with Crippen molar-refractivity contribution in [3.8, 4) is 5.75 Å². The SMILES string of the molecule is CC(C)(CO)[C@H](c1ccc(O)c2ccccc12)N1CCNCC1. The Morgan fingerprint density at radius 3 is 2.39 bits per heavy atom. The number of phenolic OH excluding ortho intramolecular Hbond substituents is 1. The second kappa shape index (κ2) is 6.48. The number of fused-ring (bicyclic) bond motifs is 1. The highest BCUT2D eigenvalue weighted by atomic mass is 16.3.